The van der Waals surface area contributed by atoms with E-state index in [-0.39, 0.29) is 11.1 Å². The molecule has 134 valence electrons. The number of carbonyl (C=O) groups is 4. The lowest BCUT2D eigenvalue weighted by Crippen LogP contribution is -2.44. The number of nitrogens with one attached hydrogen (secondary N) is 1. The lowest BCUT2D eigenvalue weighted by atomic mass is 10.1. The molecule has 1 aromatic carbocycles. The fourth-order valence-electron chi connectivity index (χ4n) is 2.57. The minimum Gasteiger partial charge on any atom is -0.454 e. The average Bonchev–Trinajstić information content (AvgIpc) is 3.25. The van der Waals surface area contributed by atoms with Crippen LogP contribution in [0.5, 0.6) is 0 Å². The Bertz CT molecular complexity index is 827. The molecule has 3 rings (SSSR count). The lowest BCUT2D eigenvalue weighted by molar-refractivity contribution is -0.151. The van der Waals surface area contributed by atoms with Gasteiger partial charge >= 0.3 is 5.97 Å². The number of rotatable bonds is 6. The Morgan fingerprint density at radius 3 is 2.35 bits per heavy atom. The third kappa shape index (κ3) is 3.50. The van der Waals surface area contributed by atoms with Crippen LogP contribution in [0.15, 0.2) is 41.8 Å². The van der Waals surface area contributed by atoms with Crippen molar-refractivity contribution in [2.75, 3.05) is 6.61 Å². The van der Waals surface area contributed by atoms with Crippen LogP contribution in [0.3, 0.4) is 0 Å². The minimum atomic E-state index is -1.12. The van der Waals surface area contributed by atoms with Crippen molar-refractivity contribution in [3.8, 4) is 0 Å². The van der Waals surface area contributed by atoms with Gasteiger partial charge in [0.15, 0.2) is 6.61 Å². The summed E-state index contributed by atoms with van der Waals surface area (Å²) in [6, 6.07) is 8.99. The van der Waals surface area contributed by atoms with E-state index < -0.39 is 36.3 Å². The maximum Gasteiger partial charge on any atom is 0.329 e. The molecule has 0 aliphatic carbocycles. The first-order chi connectivity index (χ1) is 12.5. The summed E-state index contributed by atoms with van der Waals surface area (Å²) in [5.41, 5.74) is 0.511. The Kier molecular flexibility index (Phi) is 5.13. The van der Waals surface area contributed by atoms with Crippen LogP contribution in [-0.4, -0.2) is 41.2 Å². The Morgan fingerprint density at radius 2 is 1.77 bits per heavy atom. The summed E-state index contributed by atoms with van der Waals surface area (Å²) in [4.78, 5) is 50.4. The molecule has 0 bridgehead atoms. The highest BCUT2D eigenvalue weighted by Gasteiger charge is 2.41. The molecule has 8 heteroatoms. The first kappa shape index (κ1) is 17.8. The molecular weight excluding hydrogens is 356 g/mol. The van der Waals surface area contributed by atoms with Gasteiger partial charge in [0, 0.05) is 4.88 Å². The smallest absolute Gasteiger partial charge is 0.329 e. The van der Waals surface area contributed by atoms with E-state index in [4.69, 9.17) is 4.74 Å². The van der Waals surface area contributed by atoms with Gasteiger partial charge in [-0.3, -0.25) is 19.3 Å². The SMILES string of the molecule is CC(C(=O)OCC(=O)NCc1cccs1)N1C(=O)c2ccccc2C1=O. The summed E-state index contributed by atoms with van der Waals surface area (Å²) in [5, 5.41) is 4.52. The van der Waals surface area contributed by atoms with Gasteiger partial charge in [-0.05, 0) is 30.5 Å². The van der Waals surface area contributed by atoms with E-state index in [1.165, 1.54) is 30.4 Å². The molecule has 2 aromatic rings. The zero-order valence-electron chi connectivity index (χ0n) is 13.9. The molecule has 1 aromatic heterocycles. The molecule has 0 spiro atoms. The van der Waals surface area contributed by atoms with Gasteiger partial charge in [0.2, 0.25) is 0 Å². The van der Waals surface area contributed by atoms with E-state index in [0.29, 0.717) is 6.54 Å². The Balaban J connectivity index is 1.54. The number of hydrogen-bond donors (Lipinski definition) is 1. The largest absolute Gasteiger partial charge is 0.454 e. The van der Waals surface area contributed by atoms with Gasteiger partial charge in [0.05, 0.1) is 17.7 Å². The molecule has 1 aliphatic rings. The Hall–Kier alpha value is -3.00. The Morgan fingerprint density at radius 1 is 1.12 bits per heavy atom. The summed E-state index contributed by atoms with van der Waals surface area (Å²) >= 11 is 1.50. The topological polar surface area (TPSA) is 92.8 Å². The number of ether oxygens (including phenoxy) is 1. The van der Waals surface area contributed by atoms with Crippen LogP contribution >= 0.6 is 11.3 Å². The molecule has 0 saturated carbocycles. The highest BCUT2D eigenvalue weighted by atomic mass is 32.1. The van der Waals surface area contributed by atoms with E-state index in [9.17, 15) is 19.2 Å². The quantitative estimate of drug-likeness (QED) is 0.614. The van der Waals surface area contributed by atoms with Gasteiger partial charge < -0.3 is 10.1 Å². The number of hydrogen-bond acceptors (Lipinski definition) is 6. The third-order valence-corrected chi connectivity index (χ3v) is 4.82. The number of nitrogens with zero attached hydrogens (tertiary/aromatic N) is 1. The number of benzene rings is 1. The third-order valence-electron chi connectivity index (χ3n) is 3.94. The van der Waals surface area contributed by atoms with E-state index in [1.807, 2.05) is 17.5 Å². The highest BCUT2D eigenvalue weighted by molar-refractivity contribution is 7.09. The number of thiophene rings is 1. The van der Waals surface area contributed by atoms with Crippen molar-refractivity contribution in [1.82, 2.24) is 10.2 Å². The van der Waals surface area contributed by atoms with Crippen molar-refractivity contribution in [2.45, 2.75) is 19.5 Å². The van der Waals surface area contributed by atoms with Crippen LogP contribution in [0.1, 0.15) is 32.5 Å². The molecule has 2 heterocycles. The molecule has 3 amide bonds. The molecule has 7 nitrogen and oxygen atoms in total. The standard InChI is InChI=1S/C18H16N2O5S/c1-11(20-16(22)13-6-2-3-7-14(13)17(20)23)18(24)25-10-15(21)19-9-12-5-4-8-26-12/h2-8,11H,9-10H2,1H3,(H,19,21). The van der Waals surface area contributed by atoms with Gasteiger partial charge in [-0.15, -0.1) is 11.3 Å². The predicted octanol–water partition coefficient (Wildman–Crippen LogP) is 1.59. The first-order valence-electron chi connectivity index (χ1n) is 7.91. The summed E-state index contributed by atoms with van der Waals surface area (Å²) in [6.45, 7) is 1.27. The van der Waals surface area contributed by atoms with Crippen LogP contribution in [0.2, 0.25) is 0 Å². The van der Waals surface area contributed by atoms with Crippen molar-refractivity contribution in [2.24, 2.45) is 0 Å². The van der Waals surface area contributed by atoms with Gasteiger partial charge in [0.1, 0.15) is 6.04 Å². The fourth-order valence-corrected chi connectivity index (χ4v) is 3.22. The van der Waals surface area contributed by atoms with Crippen LogP contribution < -0.4 is 5.32 Å². The number of imide groups is 1. The summed E-state index contributed by atoms with van der Waals surface area (Å²) in [6.07, 6.45) is 0. The number of carbonyl (C=O) groups excluding carboxylic acids is 4. The number of amides is 3. The predicted molar refractivity (Wildman–Crippen MR) is 93.5 cm³/mol. The van der Waals surface area contributed by atoms with Gasteiger partial charge in [-0.25, -0.2) is 4.79 Å². The highest BCUT2D eigenvalue weighted by Crippen LogP contribution is 2.24. The zero-order valence-corrected chi connectivity index (χ0v) is 14.7. The maximum atomic E-state index is 12.3. The summed E-state index contributed by atoms with van der Waals surface area (Å²) < 4.78 is 4.95. The molecule has 26 heavy (non-hydrogen) atoms. The molecule has 0 saturated heterocycles. The van der Waals surface area contributed by atoms with Crippen LogP contribution in [-0.2, 0) is 20.9 Å². The fraction of sp³-hybridized carbons (Fsp3) is 0.222. The maximum absolute atomic E-state index is 12.3. The summed E-state index contributed by atoms with van der Waals surface area (Å²) in [7, 11) is 0. The van der Waals surface area contributed by atoms with E-state index in [1.54, 1.807) is 12.1 Å². The van der Waals surface area contributed by atoms with Crippen molar-refractivity contribution in [3.63, 3.8) is 0 Å². The Labute approximate surface area is 153 Å². The molecule has 1 unspecified atom stereocenters. The first-order valence-corrected chi connectivity index (χ1v) is 8.79. The van der Waals surface area contributed by atoms with Crippen molar-refractivity contribution >= 4 is 35.0 Å². The normalized spacial score (nSPS) is 14.1. The second-order valence-corrected chi connectivity index (χ2v) is 6.70. The van der Waals surface area contributed by atoms with E-state index in [2.05, 4.69) is 5.32 Å². The molecular formula is C18H16N2O5S. The lowest BCUT2D eigenvalue weighted by Gasteiger charge is -2.20. The zero-order chi connectivity index (χ0) is 18.7. The second kappa shape index (κ2) is 7.49. The minimum absolute atomic E-state index is 0.255. The van der Waals surface area contributed by atoms with Gasteiger partial charge in [0.25, 0.3) is 17.7 Å². The molecule has 0 radical (unpaired) electrons. The van der Waals surface area contributed by atoms with Crippen molar-refractivity contribution < 1.29 is 23.9 Å². The second-order valence-electron chi connectivity index (χ2n) is 5.67. The average molecular weight is 372 g/mol. The van der Waals surface area contributed by atoms with Gasteiger partial charge in [-0.1, -0.05) is 18.2 Å². The van der Waals surface area contributed by atoms with E-state index >= 15 is 0 Å². The monoisotopic (exact) mass is 372 g/mol. The number of esters is 1. The molecule has 0 fully saturated rings. The molecule has 1 N–H and O–H groups in total. The number of fused-ring (bicyclic) bond motifs is 1. The van der Waals surface area contributed by atoms with E-state index in [0.717, 1.165) is 9.78 Å². The molecule has 1 atom stereocenters. The summed E-state index contributed by atoms with van der Waals surface area (Å²) in [5.74, 6) is -2.36. The van der Waals surface area contributed by atoms with Crippen molar-refractivity contribution in [3.05, 3.63) is 57.8 Å². The molecule has 1 aliphatic heterocycles. The van der Waals surface area contributed by atoms with Crippen LogP contribution in [0, 0.1) is 0 Å². The van der Waals surface area contributed by atoms with Crippen molar-refractivity contribution in [1.29, 1.82) is 0 Å². The van der Waals surface area contributed by atoms with Crippen LogP contribution in [0.4, 0.5) is 0 Å². The van der Waals surface area contributed by atoms with Crippen LogP contribution in [0.25, 0.3) is 0 Å². The van der Waals surface area contributed by atoms with Gasteiger partial charge in [-0.2, -0.15) is 0 Å².